The van der Waals surface area contributed by atoms with Gasteiger partial charge < -0.3 is 27.4 Å². The van der Waals surface area contributed by atoms with Gasteiger partial charge in [-0.15, -0.1) is 34.0 Å². The van der Waals surface area contributed by atoms with Crippen LogP contribution in [0, 0.1) is 0 Å². The molecule has 0 amide bonds. The van der Waals surface area contributed by atoms with Crippen LogP contribution in [0.15, 0.2) is 510 Å². The normalized spacial score (nSPS) is 11.8. The molecule has 0 radical (unpaired) electrons. The van der Waals surface area contributed by atoms with Crippen LogP contribution in [0.2, 0.25) is 0 Å². The Morgan fingerprint density at radius 1 is 0.128 bits per heavy atom. The fourth-order valence-corrected chi connectivity index (χ4v) is 26.2. The fraction of sp³-hybridized carbons (Fsp3) is 0. The largest absolute Gasteiger partial charge is 0.309 e. The topological polar surface area (TPSA) is 29.6 Å². The molecule has 6 nitrogen and oxygen atoms in total. The van der Waals surface area contributed by atoms with E-state index < -0.39 is 0 Å². The number of rotatable bonds is 12. The highest BCUT2D eigenvalue weighted by molar-refractivity contribution is 7.28. The van der Waals surface area contributed by atoms with Crippen LogP contribution in [0.4, 0.5) is 0 Å². The third kappa shape index (κ3) is 13.4. The Kier molecular flexibility index (Phi) is 19.5. The van der Waals surface area contributed by atoms with Gasteiger partial charge in [0.25, 0.3) is 0 Å². The lowest BCUT2D eigenvalue weighted by atomic mass is 9.96. The maximum absolute atomic E-state index is 2.43. The van der Waals surface area contributed by atoms with E-state index in [1.165, 1.54) is 260 Å². The molecule has 0 unspecified atom stereocenters. The van der Waals surface area contributed by atoms with E-state index in [0.717, 1.165) is 0 Å². The van der Waals surface area contributed by atoms with Gasteiger partial charge in [-0.2, -0.15) is 0 Å². The molecule has 30 aromatic rings. The quantitative estimate of drug-likeness (QED) is 0.117. The van der Waals surface area contributed by atoms with Gasteiger partial charge >= 0.3 is 0 Å². The number of aromatic nitrogens is 6. The number of nitrogens with zero attached hydrogens (tertiary/aromatic N) is 6. The van der Waals surface area contributed by atoms with Crippen LogP contribution >= 0.6 is 34.0 Å². The maximum atomic E-state index is 2.43. The van der Waals surface area contributed by atoms with Crippen LogP contribution in [-0.2, 0) is 0 Å². The standard InChI is InChI=1S/3C44H28N2S/c1-3-13-31(14-4-1)45-38-22-9-7-17-35(38)41-33(19-12-24-40(41)45)29-25-27-30(28-26-29)34-20-11-21-37-42-44(47-43(34)37)36-18-8-10-23-39(36)46(42)32-15-5-2-6-16-32;1-3-12-32(13-4-1)45-39-20-9-7-16-35(39)36-19-11-18-34(42(36)45)30-24-22-29(23-25-30)31-26-27-38-41(28-31)47-44-37-17-8-10-21-40(37)46(43(38)44)33-14-5-2-6-15-33;1-3-11-33(12-4-1)45-39-17-9-7-15-35(39)36-25-23-31(27-41(36)45)29-19-21-30(22-20-29)32-24-26-38-42(28-32)47-44-37-16-8-10-18-40(37)46(43(38)44)34-13-5-2-6-14-34/h3*1-28H. The molecule has 30 rings (SSSR count). The summed E-state index contributed by atoms with van der Waals surface area (Å²) < 4.78 is 22.4. The van der Waals surface area contributed by atoms with E-state index in [2.05, 4.69) is 537 Å². The Balaban J connectivity index is 0.000000104. The predicted octanol–water partition coefficient (Wildman–Crippen LogP) is 37.3. The van der Waals surface area contributed by atoms with Gasteiger partial charge in [-0.3, -0.25) is 0 Å². The number of fused-ring (bicyclic) bond motifs is 24. The Bertz CT molecular complexity index is 10100. The highest BCUT2D eigenvalue weighted by Gasteiger charge is 2.26. The number of benzene rings is 21. The van der Waals surface area contributed by atoms with E-state index in [9.17, 15) is 0 Å². The molecule has 0 atom stereocenters. The smallest absolute Gasteiger partial charge is 0.0727 e. The zero-order valence-corrected chi connectivity index (χ0v) is 78.9. The number of hydrogen-bond donors (Lipinski definition) is 0. The van der Waals surface area contributed by atoms with Crippen molar-refractivity contribution in [1.29, 1.82) is 0 Å². The molecule has 0 bridgehead atoms. The average Bonchev–Trinajstić information content (AvgIpc) is 1.51. The summed E-state index contributed by atoms with van der Waals surface area (Å²) in [5.74, 6) is 0. The minimum Gasteiger partial charge on any atom is -0.309 e. The lowest BCUT2D eigenvalue weighted by molar-refractivity contribution is 1.18. The molecule has 0 aliphatic carbocycles. The van der Waals surface area contributed by atoms with Gasteiger partial charge in [0.05, 0.1) is 80.3 Å². The van der Waals surface area contributed by atoms with Crippen molar-refractivity contribution in [1.82, 2.24) is 27.4 Å². The summed E-state index contributed by atoms with van der Waals surface area (Å²) in [5, 5.41) is 15.5. The third-order valence-electron chi connectivity index (χ3n) is 28.6. The number of para-hydroxylation sites is 13. The summed E-state index contributed by atoms with van der Waals surface area (Å²) in [6.45, 7) is 0. The van der Waals surface area contributed by atoms with Crippen LogP contribution < -0.4 is 0 Å². The molecule has 0 spiro atoms. The SMILES string of the molecule is c1ccc(-n2c3ccccc3c3c(-c4ccc(-c5cccc6c5sc5c7ccccc7n(-c7ccccc7)c65)cc4)cccc32)cc1.c1ccc(-n2c3ccccc3c3ccc(-c4ccc(-c5ccc6c(c5)sc5c7ccccc7n(-c7ccccc7)c65)cc4)cc32)cc1.c1ccc(-n2c3ccccc3c3cccc(-c4ccc(-c5ccc6c(c5)sc5c7ccccc7n(-c7ccccc7)c65)cc4)c32)cc1. The van der Waals surface area contributed by atoms with E-state index in [4.69, 9.17) is 0 Å². The monoisotopic (exact) mass is 1850 g/mol. The molecule has 0 saturated heterocycles. The van der Waals surface area contributed by atoms with Crippen LogP contribution in [0.25, 0.3) is 260 Å². The van der Waals surface area contributed by atoms with Crippen LogP contribution in [0.3, 0.4) is 0 Å². The van der Waals surface area contributed by atoms with Crippen molar-refractivity contribution in [2.45, 2.75) is 0 Å². The first-order valence-electron chi connectivity index (χ1n) is 48.1. The van der Waals surface area contributed by atoms with E-state index in [-0.39, 0.29) is 0 Å². The molecule has 9 aromatic heterocycles. The molecule has 0 aliphatic rings. The van der Waals surface area contributed by atoms with Crippen LogP contribution in [0.1, 0.15) is 0 Å². The molecular formula is C132H84N6S3. The van der Waals surface area contributed by atoms with Gasteiger partial charge in [0, 0.05) is 118 Å². The zero-order valence-electron chi connectivity index (χ0n) is 76.4. The second-order valence-electron chi connectivity index (χ2n) is 36.4. The Morgan fingerprint density at radius 2 is 0.390 bits per heavy atom. The van der Waals surface area contributed by atoms with Gasteiger partial charge in [0.2, 0.25) is 0 Å². The summed E-state index contributed by atoms with van der Waals surface area (Å²) in [6, 6.07) is 185. The van der Waals surface area contributed by atoms with Crippen molar-refractivity contribution < 1.29 is 0 Å². The molecule has 9 heteroatoms. The third-order valence-corrected chi connectivity index (χ3v) is 32.2. The number of thiophene rings is 3. The molecule has 0 saturated carbocycles. The summed E-state index contributed by atoms with van der Waals surface area (Å²) in [6.07, 6.45) is 0. The van der Waals surface area contributed by atoms with E-state index >= 15 is 0 Å². The minimum atomic E-state index is 1.17. The maximum Gasteiger partial charge on any atom is 0.0727 e. The van der Waals surface area contributed by atoms with Gasteiger partial charge in [-0.05, 0) is 195 Å². The Labute approximate surface area is 824 Å². The molecule has 660 valence electrons. The first-order chi connectivity index (χ1) is 70.0. The summed E-state index contributed by atoms with van der Waals surface area (Å²) >= 11 is 5.70. The van der Waals surface area contributed by atoms with Crippen molar-refractivity contribution in [3.05, 3.63) is 510 Å². The lowest BCUT2D eigenvalue weighted by Crippen LogP contribution is -1.95. The van der Waals surface area contributed by atoms with Gasteiger partial charge in [0.1, 0.15) is 0 Å². The van der Waals surface area contributed by atoms with E-state index in [0.29, 0.717) is 0 Å². The van der Waals surface area contributed by atoms with Crippen molar-refractivity contribution in [2.75, 3.05) is 0 Å². The lowest BCUT2D eigenvalue weighted by Gasteiger charge is -2.12. The molecule has 9 heterocycles. The first-order valence-corrected chi connectivity index (χ1v) is 50.5. The average molecular weight is 1850 g/mol. The number of hydrogen-bond acceptors (Lipinski definition) is 3. The molecule has 141 heavy (non-hydrogen) atoms. The van der Waals surface area contributed by atoms with Crippen molar-refractivity contribution in [3.8, 4) is 101 Å². The van der Waals surface area contributed by atoms with Crippen molar-refractivity contribution in [3.63, 3.8) is 0 Å². The van der Waals surface area contributed by atoms with Crippen LogP contribution in [-0.4, -0.2) is 27.4 Å². The molecular weight excluding hydrogens is 1770 g/mol. The highest BCUT2D eigenvalue weighted by Crippen LogP contribution is 2.51. The Morgan fingerprint density at radius 3 is 0.837 bits per heavy atom. The zero-order chi connectivity index (χ0) is 92.7. The van der Waals surface area contributed by atoms with Gasteiger partial charge in [0.15, 0.2) is 0 Å². The molecule has 0 N–H and O–H groups in total. The highest BCUT2D eigenvalue weighted by atomic mass is 32.1. The summed E-state index contributed by atoms with van der Waals surface area (Å²) in [7, 11) is 0. The first kappa shape index (κ1) is 81.6. The van der Waals surface area contributed by atoms with E-state index in [1.807, 2.05) is 34.0 Å². The second kappa shape index (κ2) is 33.6. The van der Waals surface area contributed by atoms with Crippen molar-refractivity contribution in [2.24, 2.45) is 0 Å². The summed E-state index contributed by atoms with van der Waals surface area (Å²) in [4.78, 5) is 0. The summed E-state index contributed by atoms with van der Waals surface area (Å²) in [5.41, 5.74) is 36.9. The molecule has 21 aromatic carbocycles. The van der Waals surface area contributed by atoms with Crippen molar-refractivity contribution >= 4 is 193 Å². The van der Waals surface area contributed by atoms with E-state index in [1.54, 1.807) is 0 Å². The van der Waals surface area contributed by atoms with Gasteiger partial charge in [-0.25, -0.2) is 0 Å². The fourth-order valence-electron chi connectivity index (χ4n) is 22.3. The Hall–Kier alpha value is -17.7. The van der Waals surface area contributed by atoms with Crippen LogP contribution in [0.5, 0.6) is 0 Å². The minimum absolute atomic E-state index is 1.17. The second-order valence-corrected chi connectivity index (χ2v) is 39.6. The molecule has 0 aliphatic heterocycles. The predicted molar refractivity (Wildman–Crippen MR) is 604 cm³/mol. The molecule has 0 fully saturated rings. The van der Waals surface area contributed by atoms with Gasteiger partial charge in [-0.1, -0.05) is 376 Å².